The van der Waals surface area contributed by atoms with Crippen molar-refractivity contribution in [1.82, 2.24) is 4.90 Å². The molecule has 23 heavy (non-hydrogen) atoms. The monoisotopic (exact) mass is 318 g/mol. The summed E-state index contributed by atoms with van der Waals surface area (Å²) in [6.07, 6.45) is -1.58. The zero-order valence-corrected chi connectivity index (χ0v) is 13.6. The Morgan fingerprint density at radius 3 is 2.57 bits per heavy atom. The Morgan fingerprint density at radius 1 is 1.30 bits per heavy atom. The summed E-state index contributed by atoms with van der Waals surface area (Å²) >= 11 is 0. The standard InChI is InChI=1S/C17H22N2O4/c1-17(2)22-15-13(8-18)19(10-14(20)16(15)23-17)9-11-4-6-12(21-3)7-5-11/h4-7,13-16,20H,9-10H2,1-3H3/t13-,14+,15-,16+/m0/s1. The molecule has 0 unspecified atom stereocenters. The molecule has 2 heterocycles. The third kappa shape index (κ3) is 3.19. The highest BCUT2D eigenvalue weighted by Gasteiger charge is 2.53. The highest BCUT2D eigenvalue weighted by atomic mass is 16.8. The van der Waals surface area contributed by atoms with Gasteiger partial charge >= 0.3 is 0 Å². The fourth-order valence-electron chi connectivity index (χ4n) is 3.31. The first-order valence-corrected chi connectivity index (χ1v) is 7.74. The second-order valence-corrected chi connectivity index (χ2v) is 6.48. The fraction of sp³-hybridized carbons (Fsp3) is 0.588. The molecule has 6 nitrogen and oxygen atoms in total. The number of hydrogen-bond acceptors (Lipinski definition) is 6. The summed E-state index contributed by atoms with van der Waals surface area (Å²) in [7, 11) is 1.63. The van der Waals surface area contributed by atoms with E-state index in [1.54, 1.807) is 21.0 Å². The van der Waals surface area contributed by atoms with Gasteiger partial charge in [0.1, 0.15) is 24.0 Å². The number of aliphatic hydroxyl groups is 1. The number of β-amino-alcohol motifs (C(OH)–C–C–N with tert-alkyl or cyclic N) is 1. The molecule has 0 saturated carbocycles. The number of nitriles is 1. The molecule has 6 heteroatoms. The second-order valence-electron chi connectivity index (χ2n) is 6.48. The summed E-state index contributed by atoms with van der Waals surface area (Å²) in [5.41, 5.74) is 1.05. The maximum absolute atomic E-state index is 10.4. The summed E-state index contributed by atoms with van der Waals surface area (Å²) < 4.78 is 16.8. The van der Waals surface area contributed by atoms with Gasteiger partial charge in [0, 0.05) is 13.1 Å². The third-order valence-electron chi connectivity index (χ3n) is 4.35. The molecule has 1 aromatic rings. The molecule has 0 aliphatic carbocycles. The van der Waals surface area contributed by atoms with Gasteiger partial charge in [-0.1, -0.05) is 12.1 Å². The molecule has 124 valence electrons. The van der Waals surface area contributed by atoms with E-state index >= 15 is 0 Å². The highest BCUT2D eigenvalue weighted by molar-refractivity contribution is 5.27. The highest BCUT2D eigenvalue weighted by Crippen LogP contribution is 2.36. The van der Waals surface area contributed by atoms with E-state index in [1.165, 1.54) is 0 Å². The van der Waals surface area contributed by atoms with Gasteiger partial charge in [0.05, 0.1) is 19.3 Å². The molecule has 0 spiro atoms. The van der Waals surface area contributed by atoms with E-state index in [0.717, 1.165) is 11.3 Å². The lowest BCUT2D eigenvalue weighted by molar-refractivity contribution is -0.152. The third-order valence-corrected chi connectivity index (χ3v) is 4.35. The number of rotatable bonds is 3. The number of aliphatic hydroxyl groups excluding tert-OH is 1. The van der Waals surface area contributed by atoms with Gasteiger partial charge in [0.25, 0.3) is 0 Å². The number of hydrogen-bond donors (Lipinski definition) is 1. The van der Waals surface area contributed by atoms with Crippen LogP contribution in [0.1, 0.15) is 19.4 Å². The molecule has 2 aliphatic rings. The Bertz CT molecular complexity index is 596. The van der Waals surface area contributed by atoms with Gasteiger partial charge in [-0.25, -0.2) is 0 Å². The Hall–Kier alpha value is -1.65. The van der Waals surface area contributed by atoms with E-state index in [-0.39, 0.29) is 0 Å². The molecular weight excluding hydrogens is 296 g/mol. The van der Waals surface area contributed by atoms with Crippen LogP contribution in [0.2, 0.25) is 0 Å². The predicted octanol–water partition coefficient (Wildman–Crippen LogP) is 1.28. The van der Waals surface area contributed by atoms with Crippen molar-refractivity contribution in [2.24, 2.45) is 0 Å². The average Bonchev–Trinajstić information content (AvgIpc) is 2.84. The van der Waals surface area contributed by atoms with Gasteiger partial charge in [-0.15, -0.1) is 0 Å². The molecule has 0 radical (unpaired) electrons. The smallest absolute Gasteiger partial charge is 0.164 e. The number of likely N-dealkylation sites (tertiary alicyclic amines) is 1. The SMILES string of the molecule is COc1ccc(CN2C[C@@H](O)[C@H]3OC(C)(C)O[C@H]3[C@@H]2C#N)cc1. The quantitative estimate of drug-likeness (QED) is 0.905. The van der Waals surface area contributed by atoms with Crippen molar-refractivity contribution in [1.29, 1.82) is 5.26 Å². The summed E-state index contributed by atoms with van der Waals surface area (Å²) in [5, 5.41) is 20.0. The molecule has 2 saturated heterocycles. The predicted molar refractivity (Wildman–Crippen MR) is 82.6 cm³/mol. The van der Waals surface area contributed by atoms with E-state index in [2.05, 4.69) is 6.07 Å². The van der Waals surface area contributed by atoms with Crippen LogP contribution in [0.3, 0.4) is 0 Å². The molecule has 0 aromatic heterocycles. The normalized spacial score (nSPS) is 33.0. The van der Waals surface area contributed by atoms with Crippen molar-refractivity contribution in [3.63, 3.8) is 0 Å². The largest absolute Gasteiger partial charge is 0.497 e. The lowest BCUT2D eigenvalue weighted by Gasteiger charge is -2.40. The molecule has 4 atom stereocenters. The van der Waals surface area contributed by atoms with E-state index < -0.39 is 30.1 Å². The van der Waals surface area contributed by atoms with Crippen molar-refractivity contribution >= 4 is 0 Å². The summed E-state index contributed by atoms with van der Waals surface area (Å²) in [6, 6.07) is 9.55. The molecule has 0 amide bonds. The van der Waals surface area contributed by atoms with Crippen LogP contribution in [0.25, 0.3) is 0 Å². The van der Waals surface area contributed by atoms with Gasteiger partial charge in [-0.2, -0.15) is 5.26 Å². The van der Waals surface area contributed by atoms with Crippen molar-refractivity contribution < 1.29 is 19.3 Å². The topological polar surface area (TPSA) is 75.0 Å². The number of nitrogens with zero attached hydrogens (tertiary/aromatic N) is 2. The van der Waals surface area contributed by atoms with Crippen LogP contribution in [-0.2, 0) is 16.0 Å². The van der Waals surface area contributed by atoms with Crippen LogP contribution in [0.4, 0.5) is 0 Å². The minimum atomic E-state index is -0.776. The Morgan fingerprint density at radius 2 is 1.96 bits per heavy atom. The Kier molecular flexibility index (Phi) is 4.30. The van der Waals surface area contributed by atoms with Gasteiger partial charge in [0.15, 0.2) is 5.79 Å². The van der Waals surface area contributed by atoms with E-state index in [0.29, 0.717) is 13.1 Å². The van der Waals surface area contributed by atoms with Gasteiger partial charge in [-0.3, -0.25) is 4.90 Å². The lowest BCUT2D eigenvalue weighted by atomic mass is 9.94. The summed E-state index contributed by atoms with van der Waals surface area (Å²) in [4.78, 5) is 1.94. The van der Waals surface area contributed by atoms with Crippen LogP contribution in [0.15, 0.2) is 24.3 Å². The van der Waals surface area contributed by atoms with Crippen molar-refractivity contribution in [2.45, 2.75) is 50.5 Å². The number of methoxy groups -OCH3 is 1. The van der Waals surface area contributed by atoms with Gasteiger partial charge in [-0.05, 0) is 31.5 Å². The first-order valence-electron chi connectivity index (χ1n) is 7.74. The Labute approximate surface area is 136 Å². The van der Waals surface area contributed by atoms with Gasteiger partial charge in [0.2, 0.25) is 0 Å². The van der Waals surface area contributed by atoms with Crippen LogP contribution in [0, 0.1) is 11.3 Å². The maximum atomic E-state index is 10.4. The van der Waals surface area contributed by atoms with E-state index in [1.807, 2.05) is 29.2 Å². The van der Waals surface area contributed by atoms with Crippen LogP contribution in [-0.4, -0.2) is 53.8 Å². The van der Waals surface area contributed by atoms with E-state index in [9.17, 15) is 10.4 Å². The molecule has 2 fully saturated rings. The zero-order chi connectivity index (χ0) is 16.6. The molecule has 0 bridgehead atoms. The Balaban J connectivity index is 1.78. The molecule has 2 aliphatic heterocycles. The average molecular weight is 318 g/mol. The second kappa shape index (κ2) is 6.10. The zero-order valence-electron chi connectivity index (χ0n) is 13.6. The number of fused-ring (bicyclic) bond motifs is 1. The maximum Gasteiger partial charge on any atom is 0.164 e. The van der Waals surface area contributed by atoms with E-state index in [4.69, 9.17) is 14.2 Å². The number of ether oxygens (including phenoxy) is 3. The van der Waals surface area contributed by atoms with Crippen LogP contribution in [0.5, 0.6) is 5.75 Å². The minimum Gasteiger partial charge on any atom is -0.497 e. The van der Waals surface area contributed by atoms with Crippen LogP contribution < -0.4 is 4.74 Å². The molecule has 3 rings (SSSR count). The molecule has 1 N–H and O–H groups in total. The minimum absolute atomic E-state index is 0.380. The molecule has 1 aromatic carbocycles. The molecular formula is C17H22N2O4. The number of benzene rings is 1. The van der Waals surface area contributed by atoms with Crippen LogP contribution >= 0.6 is 0 Å². The fourth-order valence-corrected chi connectivity index (χ4v) is 3.31. The number of piperidine rings is 1. The summed E-state index contributed by atoms with van der Waals surface area (Å²) in [5.74, 6) is 0.0141. The lowest BCUT2D eigenvalue weighted by Crippen LogP contribution is -2.59. The van der Waals surface area contributed by atoms with Gasteiger partial charge < -0.3 is 19.3 Å². The van der Waals surface area contributed by atoms with Crippen molar-refractivity contribution in [2.75, 3.05) is 13.7 Å². The first kappa shape index (κ1) is 16.2. The van der Waals surface area contributed by atoms with Crippen molar-refractivity contribution in [3.05, 3.63) is 29.8 Å². The first-order chi connectivity index (χ1) is 10.9. The van der Waals surface area contributed by atoms with Crippen molar-refractivity contribution in [3.8, 4) is 11.8 Å². The summed E-state index contributed by atoms with van der Waals surface area (Å²) in [6.45, 7) is 4.55.